The van der Waals surface area contributed by atoms with E-state index >= 15 is 0 Å². The molecule has 3 rings (SSSR count). The van der Waals surface area contributed by atoms with Crippen molar-refractivity contribution in [2.75, 3.05) is 18.0 Å². The molecule has 2 aromatic rings. The molecule has 0 saturated heterocycles. The monoisotopic (exact) mass is 431 g/mol. The summed E-state index contributed by atoms with van der Waals surface area (Å²) in [7, 11) is -3.71. The van der Waals surface area contributed by atoms with Gasteiger partial charge in [0.1, 0.15) is 5.75 Å². The van der Waals surface area contributed by atoms with Gasteiger partial charge in [-0.1, -0.05) is 31.2 Å². The van der Waals surface area contributed by atoms with Gasteiger partial charge in [0.15, 0.2) is 6.10 Å². The molecule has 1 aliphatic rings. The number of amides is 2. The summed E-state index contributed by atoms with van der Waals surface area (Å²) in [6, 6.07) is 13.5. The maximum Gasteiger partial charge on any atom is 0.268 e. The van der Waals surface area contributed by atoms with Crippen LogP contribution in [0, 0.1) is 0 Å². The lowest BCUT2D eigenvalue weighted by Gasteiger charge is -2.33. The summed E-state index contributed by atoms with van der Waals surface area (Å²) in [6.07, 6.45) is 0.734. The zero-order valence-corrected chi connectivity index (χ0v) is 17.5. The fourth-order valence-corrected chi connectivity index (χ4v) is 3.77. The number of anilines is 1. The highest BCUT2D eigenvalue weighted by Crippen LogP contribution is 2.34. The Morgan fingerprint density at radius 1 is 1.17 bits per heavy atom. The van der Waals surface area contributed by atoms with Crippen molar-refractivity contribution < 1.29 is 22.7 Å². The van der Waals surface area contributed by atoms with Crippen LogP contribution in [0.3, 0.4) is 0 Å². The van der Waals surface area contributed by atoms with E-state index in [-0.39, 0.29) is 29.7 Å². The van der Waals surface area contributed by atoms with Crippen molar-refractivity contribution in [2.24, 2.45) is 5.14 Å². The lowest BCUT2D eigenvalue weighted by molar-refractivity contribution is -0.126. The number of fused-ring (bicyclic) bond motifs is 1. The summed E-state index contributed by atoms with van der Waals surface area (Å²) in [6.45, 7) is 2.56. The normalized spacial score (nSPS) is 16.0. The number of nitrogens with zero attached hydrogens (tertiary/aromatic N) is 1. The van der Waals surface area contributed by atoms with Gasteiger partial charge in [-0.2, -0.15) is 0 Å². The van der Waals surface area contributed by atoms with Gasteiger partial charge in [0.25, 0.3) is 5.91 Å². The highest BCUT2D eigenvalue weighted by Gasteiger charge is 2.33. The Morgan fingerprint density at radius 3 is 2.53 bits per heavy atom. The minimum atomic E-state index is -3.71. The first kappa shape index (κ1) is 21.8. The molecule has 0 aromatic heterocycles. The Morgan fingerprint density at radius 2 is 1.87 bits per heavy atom. The van der Waals surface area contributed by atoms with Gasteiger partial charge in [0, 0.05) is 19.5 Å². The third kappa shape index (κ3) is 5.17. The Balaban J connectivity index is 1.51. The molecule has 30 heavy (non-hydrogen) atoms. The van der Waals surface area contributed by atoms with Crippen molar-refractivity contribution in [3.8, 4) is 5.75 Å². The number of nitrogens with two attached hydrogens (primary N) is 1. The number of primary sulfonamides is 1. The first-order valence-corrected chi connectivity index (χ1v) is 11.3. The molecule has 0 saturated carbocycles. The molecule has 2 amide bonds. The predicted molar refractivity (Wildman–Crippen MR) is 113 cm³/mol. The van der Waals surface area contributed by atoms with E-state index in [1.165, 1.54) is 12.1 Å². The Hall–Kier alpha value is -2.91. The number of carbonyl (C=O) groups excluding carboxylic acids is 2. The van der Waals surface area contributed by atoms with Gasteiger partial charge in [-0.15, -0.1) is 0 Å². The number of hydrogen-bond acceptors (Lipinski definition) is 5. The van der Waals surface area contributed by atoms with E-state index in [4.69, 9.17) is 9.88 Å². The van der Waals surface area contributed by atoms with Crippen LogP contribution in [0.25, 0.3) is 0 Å². The van der Waals surface area contributed by atoms with Crippen LogP contribution in [0.1, 0.15) is 25.3 Å². The number of ether oxygens (including phenoxy) is 1. The van der Waals surface area contributed by atoms with Gasteiger partial charge in [0.2, 0.25) is 15.9 Å². The molecule has 1 atom stereocenters. The fraction of sp³-hybridized carbons (Fsp3) is 0.333. The second kappa shape index (κ2) is 9.27. The average Bonchev–Trinajstić information content (AvgIpc) is 2.72. The van der Waals surface area contributed by atoms with Crippen molar-refractivity contribution >= 4 is 27.5 Å². The van der Waals surface area contributed by atoms with Crippen molar-refractivity contribution in [1.29, 1.82) is 0 Å². The van der Waals surface area contributed by atoms with E-state index in [0.717, 1.165) is 5.56 Å². The van der Waals surface area contributed by atoms with E-state index in [0.29, 0.717) is 30.8 Å². The molecule has 0 fully saturated rings. The number of carbonyl (C=O) groups is 2. The van der Waals surface area contributed by atoms with E-state index in [1.54, 1.807) is 17.0 Å². The molecule has 0 spiro atoms. The highest BCUT2D eigenvalue weighted by molar-refractivity contribution is 7.89. The molecular formula is C21H25N3O5S. The number of para-hydroxylation sites is 2. The predicted octanol–water partition coefficient (Wildman–Crippen LogP) is 1.59. The summed E-state index contributed by atoms with van der Waals surface area (Å²) >= 11 is 0. The molecule has 3 N–H and O–H groups in total. The van der Waals surface area contributed by atoms with Crippen LogP contribution in [0.4, 0.5) is 5.69 Å². The Bertz CT molecular complexity index is 1020. The quantitative estimate of drug-likeness (QED) is 0.658. The molecule has 2 aromatic carbocycles. The van der Waals surface area contributed by atoms with Crippen LogP contribution in [0.15, 0.2) is 53.4 Å². The van der Waals surface area contributed by atoms with E-state index < -0.39 is 16.1 Å². The lowest BCUT2D eigenvalue weighted by Crippen LogP contribution is -2.46. The summed E-state index contributed by atoms with van der Waals surface area (Å²) in [5, 5.41) is 7.91. The second-order valence-electron chi connectivity index (χ2n) is 7.01. The molecule has 1 heterocycles. The molecule has 1 unspecified atom stereocenters. The van der Waals surface area contributed by atoms with Crippen molar-refractivity contribution in [3.05, 3.63) is 54.1 Å². The minimum absolute atomic E-state index is 0.0520. The number of sulfonamides is 1. The van der Waals surface area contributed by atoms with E-state index in [1.807, 2.05) is 31.2 Å². The van der Waals surface area contributed by atoms with Crippen molar-refractivity contribution in [3.63, 3.8) is 0 Å². The van der Waals surface area contributed by atoms with Crippen LogP contribution in [-0.2, 0) is 26.0 Å². The Labute approximate surface area is 176 Å². The zero-order chi connectivity index (χ0) is 21.7. The first-order valence-electron chi connectivity index (χ1n) is 9.75. The molecule has 0 bridgehead atoms. The highest BCUT2D eigenvalue weighted by atomic mass is 32.2. The molecule has 0 radical (unpaired) electrons. The average molecular weight is 432 g/mol. The molecule has 1 aliphatic heterocycles. The summed E-state index contributed by atoms with van der Waals surface area (Å²) < 4.78 is 28.3. The summed E-state index contributed by atoms with van der Waals surface area (Å²) in [5.41, 5.74) is 1.56. The third-order valence-electron chi connectivity index (χ3n) is 4.89. The smallest absolute Gasteiger partial charge is 0.268 e. The second-order valence-corrected chi connectivity index (χ2v) is 8.57. The number of hydrogen-bond donors (Lipinski definition) is 2. The Kier molecular flexibility index (Phi) is 6.73. The van der Waals surface area contributed by atoms with Crippen molar-refractivity contribution in [2.45, 2.75) is 37.2 Å². The minimum Gasteiger partial charge on any atom is -0.478 e. The number of benzene rings is 2. The van der Waals surface area contributed by atoms with Gasteiger partial charge in [-0.25, -0.2) is 13.6 Å². The maximum absolute atomic E-state index is 12.6. The van der Waals surface area contributed by atoms with Gasteiger partial charge >= 0.3 is 0 Å². The number of rotatable bonds is 8. The van der Waals surface area contributed by atoms with Crippen LogP contribution in [-0.4, -0.2) is 39.4 Å². The third-order valence-corrected chi connectivity index (χ3v) is 5.82. The van der Waals surface area contributed by atoms with Crippen molar-refractivity contribution in [1.82, 2.24) is 5.32 Å². The van der Waals surface area contributed by atoms with E-state index in [9.17, 15) is 18.0 Å². The number of nitrogens with one attached hydrogen (secondary N) is 1. The molecule has 9 heteroatoms. The fourth-order valence-electron chi connectivity index (χ4n) is 3.26. The summed E-state index contributed by atoms with van der Waals surface area (Å²) in [5.74, 6) is 0.340. The molecule has 8 nitrogen and oxygen atoms in total. The van der Waals surface area contributed by atoms with Gasteiger partial charge in [-0.05, 0) is 42.7 Å². The SMILES string of the molecule is CCC1Oc2ccccc2N(CCC(=O)NCCc2ccc(S(N)(=O)=O)cc2)C1=O. The molecule has 0 aliphatic carbocycles. The largest absolute Gasteiger partial charge is 0.478 e. The summed E-state index contributed by atoms with van der Waals surface area (Å²) in [4.78, 5) is 26.6. The lowest BCUT2D eigenvalue weighted by atomic mass is 10.1. The maximum atomic E-state index is 12.6. The van der Waals surface area contributed by atoms with Crippen LogP contribution in [0.5, 0.6) is 5.75 Å². The van der Waals surface area contributed by atoms with Gasteiger partial charge < -0.3 is 15.0 Å². The van der Waals surface area contributed by atoms with Crippen LogP contribution in [0.2, 0.25) is 0 Å². The van der Waals surface area contributed by atoms with E-state index in [2.05, 4.69) is 5.32 Å². The first-order chi connectivity index (χ1) is 14.3. The zero-order valence-electron chi connectivity index (χ0n) is 16.7. The molecule has 160 valence electrons. The topological polar surface area (TPSA) is 119 Å². The van der Waals surface area contributed by atoms with Gasteiger partial charge in [0.05, 0.1) is 10.6 Å². The van der Waals surface area contributed by atoms with Crippen LogP contribution >= 0.6 is 0 Å². The standard InChI is InChI=1S/C21H25N3O5S/c1-2-18-21(26)24(17-5-3-4-6-19(17)29-18)14-12-20(25)23-13-11-15-7-9-16(10-8-15)30(22,27)28/h3-10,18H,2,11-14H2,1H3,(H,23,25)(H2,22,27,28). The molecular weight excluding hydrogens is 406 g/mol. The van der Waals surface area contributed by atoms with Gasteiger partial charge in [-0.3, -0.25) is 9.59 Å². The van der Waals surface area contributed by atoms with Crippen LogP contribution < -0.4 is 20.1 Å².